The molecule has 2 rings (SSSR count). The van der Waals surface area contributed by atoms with Gasteiger partial charge in [-0.15, -0.1) is 0 Å². The quantitative estimate of drug-likeness (QED) is 0.787. The van der Waals surface area contributed by atoms with Crippen molar-refractivity contribution in [2.75, 3.05) is 12.4 Å². The minimum Gasteiger partial charge on any atom is -0.493 e. The normalized spacial score (nSPS) is 12.1. The predicted molar refractivity (Wildman–Crippen MR) is 84.1 cm³/mol. The van der Waals surface area contributed by atoms with E-state index in [0.717, 1.165) is 4.47 Å². The topological polar surface area (TPSA) is 21.3 Å². The number of benzene rings is 2. The number of hydrogen-bond donors (Lipinski definition) is 1. The van der Waals surface area contributed by atoms with Gasteiger partial charge in [0.05, 0.1) is 23.3 Å². The number of ether oxygens (including phenoxy) is 1. The Morgan fingerprint density at radius 1 is 1.30 bits per heavy atom. The maximum Gasteiger partial charge on any atom is 0.156 e. The zero-order chi connectivity index (χ0) is 14.7. The second-order valence-corrected chi connectivity index (χ2v) is 5.65. The Hall–Kier alpha value is -1.26. The molecule has 1 N–H and O–H groups in total. The van der Waals surface area contributed by atoms with Crippen molar-refractivity contribution >= 4 is 33.2 Å². The van der Waals surface area contributed by atoms with Crippen molar-refractivity contribution in [2.24, 2.45) is 0 Å². The second-order valence-electron chi connectivity index (χ2n) is 4.36. The molecule has 106 valence electrons. The maximum absolute atomic E-state index is 13.8. The summed E-state index contributed by atoms with van der Waals surface area (Å²) < 4.78 is 19.9. The maximum atomic E-state index is 13.8. The lowest BCUT2D eigenvalue weighted by Gasteiger charge is -2.19. The molecule has 1 atom stereocenters. The van der Waals surface area contributed by atoms with Gasteiger partial charge in [-0.2, -0.15) is 0 Å². The lowest BCUT2D eigenvalue weighted by molar-refractivity contribution is 0.413. The van der Waals surface area contributed by atoms with Crippen molar-refractivity contribution in [3.8, 4) is 5.75 Å². The molecule has 0 saturated heterocycles. The molecule has 2 aromatic rings. The van der Waals surface area contributed by atoms with E-state index in [1.807, 2.05) is 13.0 Å². The minimum atomic E-state index is -0.243. The average Bonchev–Trinajstić information content (AvgIpc) is 2.38. The standard InChI is InChI=1S/C15H14BrClFNO/c1-9(11-5-3-4-6-13(11)18)19-14-8-10(17)7-12(16)15(14)20-2/h3-9,19H,1-2H3. The van der Waals surface area contributed by atoms with E-state index < -0.39 is 0 Å². The molecule has 0 spiro atoms. The largest absolute Gasteiger partial charge is 0.493 e. The first kappa shape index (κ1) is 15.1. The van der Waals surface area contributed by atoms with Crippen LogP contribution in [0.4, 0.5) is 10.1 Å². The molecule has 1 unspecified atom stereocenters. The van der Waals surface area contributed by atoms with Gasteiger partial charge in [-0.3, -0.25) is 0 Å². The summed E-state index contributed by atoms with van der Waals surface area (Å²) >= 11 is 9.44. The molecule has 0 amide bonds. The van der Waals surface area contributed by atoms with Gasteiger partial charge in [0.2, 0.25) is 0 Å². The average molecular weight is 359 g/mol. The van der Waals surface area contributed by atoms with Crippen molar-refractivity contribution in [1.29, 1.82) is 0 Å². The Balaban J connectivity index is 2.33. The van der Waals surface area contributed by atoms with Crippen LogP contribution in [0.15, 0.2) is 40.9 Å². The molecule has 0 saturated carbocycles. The Morgan fingerprint density at radius 2 is 2.00 bits per heavy atom. The lowest BCUT2D eigenvalue weighted by Crippen LogP contribution is -2.09. The van der Waals surface area contributed by atoms with E-state index in [2.05, 4.69) is 21.2 Å². The van der Waals surface area contributed by atoms with Crippen LogP contribution in [0.2, 0.25) is 5.02 Å². The van der Waals surface area contributed by atoms with E-state index in [9.17, 15) is 4.39 Å². The van der Waals surface area contributed by atoms with Crippen molar-refractivity contribution in [3.63, 3.8) is 0 Å². The summed E-state index contributed by atoms with van der Waals surface area (Å²) in [5, 5.41) is 3.79. The van der Waals surface area contributed by atoms with Crippen LogP contribution in [-0.4, -0.2) is 7.11 Å². The fraction of sp³-hybridized carbons (Fsp3) is 0.200. The van der Waals surface area contributed by atoms with Crippen molar-refractivity contribution < 1.29 is 9.13 Å². The van der Waals surface area contributed by atoms with E-state index >= 15 is 0 Å². The van der Waals surface area contributed by atoms with Gasteiger partial charge < -0.3 is 10.1 Å². The smallest absolute Gasteiger partial charge is 0.156 e. The second kappa shape index (κ2) is 6.46. The van der Waals surface area contributed by atoms with Gasteiger partial charge in [0, 0.05) is 10.6 Å². The molecule has 0 aromatic heterocycles. The molecule has 2 nitrogen and oxygen atoms in total. The van der Waals surface area contributed by atoms with Crippen LogP contribution in [0.25, 0.3) is 0 Å². The zero-order valence-corrected chi connectivity index (χ0v) is 13.4. The Morgan fingerprint density at radius 3 is 2.65 bits per heavy atom. The molecule has 0 aliphatic carbocycles. The molecule has 0 bridgehead atoms. The van der Waals surface area contributed by atoms with E-state index in [1.165, 1.54) is 6.07 Å². The Bertz CT molecular complexity index is 621. The van der Waals surface area contributed by atoms with Crippen molar-refractivity contribution in [1.82, 2.24) is 0 Å². The molecule has 0 aliphatic rings. The summed E-state index contributed by atoms with van der Waals surface area (Å²) in [4.78, 5) is 0. The van der Waals surface area contributed by atoms with Crippen LogP contribution in [0.5, 0.6) is 5.75 Å². The van der Waals surface area contributed by atoms with E-state index in [-0.39, 0.29) is 11.9 Å². The fourth-order valence-electron chi connectivity index (χ4n) is 2.01. The van der Waals surface area contributed by atoms with Gasteiger partial charge in [-0.25, -0.2) is 4.39 Å². The highest BCUT2D eigenvalue weighted by Gasteiger charge is 2.15. The Kier molecular flexibility index (Phi) is 4.89. The summed E-state index contributed by atoms with van der Waals surface area (Å²) in [6, 6.07) is 9.96. The number of methoxy groups -OCH3 is 1. The first-order chi connectivity index (χ1) is 9.52. The number of nitrogens with one attached hydrogen (secondary N) is 1. The summed E-state index contributed by atoms with van der Waals surface area (Å²) in [5.74, 6) is 0.394. The third-order valence-corrected chi connectivity index (χ3v) is 3.76. The molecule has 2 aromatic carbocycles. The lowest BCUT2D eigenvalue weighted by atomic mass is 10.1. The molecule has 0 radical (unpaired) electrons. The third kappa shape index (κ3) is 3.25. The van der Waals surface area contributed by atoms with Crippen LogP contribution in [-0.2, 0) is 0 Å². The van der Waals surface area contributed by atoms with Gasteiger partial charge in [0.1, 0.15) is 5.82 Å². The molecule has 0 fully saturated rings. The molecular formula is C15H14BrClFNO. The zero-order valence-electron chi connectivity index (χ0n) is 11.1. The monoisotopic (exact) mass is 357 g/mol. The number of hydrogen-bond acceptors (Lipinski definition) is 2. The van der Waals surface area contributed by atoms with Gasteiger partial charge in [-0.05, 0) is 41.1 Å². The predicted octanol–water partition coefficient (Wildman–Crippen LogP) is 5.42. The van der Waals surface area contributed by atoms with Crippen molar-refractivity contribution in [2.45, 2.75) is 13.0 Å². The van der Waals surface area contributed by atoms with Gasteiger partial charge in [0.15, 0.2) is 5.75 Å². The number of rotatable bonds is 4. The Labute approximate surface area is 131 Å². The summed E-state index contributed by atoms with van der Waals surface area (Å²) in [6.07, 6.45) is 0. The molecule has 0 aliphatic heterocycles. The SMILES string of the molecule is COc1c(Br)cc(Cl)cc1NC(C)c1ccccc1F. The van der Waals surface area contributed by atoms with Gasteiger partial charge >= 0.3 is 0 Å². The summed E-state index contributed by atoms with van der Waals surface area (Å²) in [5.41, 5.74) is 1.30. The molecule has 0 heterocycles. The van der Waals surface area contributed by atoms with Gasteiger partial charge in [-0.1, -0.05) is 29.8 Å². The molecule has 20 heavy (non-hydrogen) atoms. The fourth-order valence-corrected chi connectivity index (χ4v) is 2.98. The highest BCUT2D eigenvalue weighted by Crippen LogP contribution is 2.38. The molecular weight excluding hydrogens is 345 g/mol. The number of anilines is 1. The first-order valence-electron chi connectivity index (χ1n) is 6.07. The van der Waals surface area contributed by atoms with Crippen LogP contribution in [0.1, 0.15) is 18.5 Å². The van der Waals surface area contributed by atoms with E-state index in [4.69, 9.17) is 16.3 Å². The van der Waals surface area contributed by atoms with E-state index in [1.54, 1.807) is 31.4 Å². The van der Waals surface area contributed by atoms with Crippen LogP contribution in [0, 0.1) is 5.82 Å². The summed E-state index contributed by atoms with van der Waals surface area (Å²) in [6.45, 7) is 1.88. The third-order valence-electron chi connectivity index (χ3n) is 2.96. The summed E-state index contributed by atoms with van der Waals surface area (Å²) in [7, 11) is 1.58. The van der Waals surface area contributed by atoms with Crippen LogP contribution < -0.4 is 10.1 Å². The number of halogens is 3. The molecule has 5 heteroatoms. The van der Waals surface area contributed by atoms with Gasteiger partial charge in [0.25, 0.3) is 0 Å². The van der Waals surface area contributed by atoms with E-state index in [0.29, 0.717) is 22.0 Å². The highest BCUT2D eigenvalue weighted by molar-refractivity contribution is 9.10. The van der Waals surface area contributed by atoms with Crippen LogP contribution in [0.3, 0.4) is 0 Å². The van der Waals surface area contributed by atoms with Crippen LogP contribution >= 0.6 is 27.5 Å². The van der Waals surface area contributed by atoms with Crippen molar-refractivity contribution in [3.05, 3.63) is 57.3 Å². The first-order valence-corrected chi connectivity index (χ1v) is 7.24. The highest BCUT2D eigenvalue weighted by atomic mass is 79.9. The minimum absolute atomic E-state index is 0.213.